The van der Waals surface area contributed by atoms with Crippen molar-refractivity contribution in [2.75, 3.05) is 6.61 Å². The van der Waals surface area contributed by atoms with Crippen molar-refractivity contribution in [3.05, 3.63) is 100 Å². The molecule has 0 aliphatic rings. The molecule has 0 fully saturated rings. The highest BCUT2D eigenvalue weighted by Gasteiger charge is 2.10. The molecule has 0 radical (unpaired) electrons. The molecule has 4 aromatic rings. The van der Waals surface area contributed by atoms with Crippen LogP contribution in [0.2, 0.25) is 0 Å². The van der Waals surface area contributed by atoms with Crippen LogP contribution in [-0.4, -0.2) is 17.5 Å². The first-order valence-electron chi connectivity index (χ1n) is 9.18. The van der Waals surface area contributed by atoms with E-state index in [4.69, 9.17) is 9.15 Å². The van der Waals surface area contributed by atoms with Gasteiger partial charge in [0.2, 0.25) is 0 Å². The topological polar surface area (TPSA) is 72.0 Å². The summed E-state index contributed by atoms with van der Waals surface area (Å²) in [6.45, 7) is 2.07. The maximum absolute atomic E-state index is 12.1. The Bertz CT molecular complexity index is 1230. The first-order valence-corrected chi connectivity index (χ1v) is 9.18. The highest BCUT2D eigenvalue weighted by molar-refractivity contribution is 6.01. The van der Waals surface area contributed by atoms with E-state index >= 15 is 0 Å². The van der Waals surface area contributed by atoms with Crippen molar-refractivity contribution in [1.29, 1.82) is 0 Å². The molecule has 0 amide bonds. The van der Waals surface area contributed by atoms with Gasteiger partial charge in [-0.1, -0.05) is 65.3 Å². The average Bonchev–Trinajstić information content (AvgIpc) is 2.75. The molecule has 0 bridgehead atoms. The highest BCUT2D eigenvalue weighted by atomic mass is 16.5. The molecule has 0 spiro atoms. The first-order chi connectivity index (χ1) is 14.1. The second-order valence-electron chi connectivity index (χ2n) is 6.70. The van der Waals surface area contributed by atoms with Crippen LogP contribution in [0.5, 0.6) is 5.75 Å². The molecule has 1 aromatic heterocycles. The smallest absolute Gasteiger partial charge is 0.336 e. The minimum atomic E-state index is -0.425. The fourth-order valence-corrected chi connectivity index (χ4v) is 3.16. The summed E-state index contributed by atoms with van der Waals surface area (Å²) >= 11 is 0. The largest absolute Gasteiger partial charge is 0.487 e. The minimum absolute atomic E-state index is 0.0771. The molecule has 29 heavy (non-hydrogen) atoms. The van der Waals surface area contributed by atoms with Crippen LogP contribution in [0.15, 0.2) is 93.2 Å². The standard InChI is InChI=1S/C24H19NO4/c1-16-7-9-18(10-8-16)22(25-27)15-28-19-11-12-20-21(17-5-3-2-4-6-17)14-24(26)29-23(20)13-19/h2-14,27H,15H2,1H3/b25-22-. The van der Waals surface area contributed by atoms with Crippen molar-refractivity contribution in [1.82, 2.24) is 0 Å². The number of benzene rings is 3. The molecular formula is C24H19NO4. The molecular weight excluding hydrogens is 366 g/mol. The molecule has 5 nitrogen and oxygen atoms in total. The Morgan fingerprint density at radius 2 is 1.76 bits per heavy atom. The van der Waals surface area contributed by atoms with Gasteiger partial charge < -0.3 is 14.4 Å². The number of oxime groups is 1. The van der Waals surface area contributed by atoms with Gasteiger partial charge in [-0.2, -0.15) is 0 Å². The maximum atomic E-state index is 12.1. The molecule has 0 saturated heterocycles. The molecule has 3 aromatic carbocycles. The first kappa shape index (κ1) is 18.5. The second kappa shape index (κ2) is 8.02. The maximum Gasteiger partial charge on any atom is 0.336 e. The third kappa shape index (κ3) is 4.04. The third-order valence-corrected chi connectivity index (χ3v) is 4.68. The minimum Gasteiger partial charge on any atom is -0.487 e. The van der Waals surface area contributed by atoms with Crippen LogP contribution in [-0.2, 0) is 0 Å². The van der Waals surface area contributed by atoms with E-state index < -0.39 is 5.63 Å². The molecule has 0 unspecified atom stereocenters. The number of ether oxygens (including phenoxy) is 1. The Morgan fingerprint density at radius 3 is 2.48 bits per heavy atom. The SMILES string of the molecule is Cc1ccc(/C(COc2ccc3c(-c4ccccc4)cc(=O)oc3c2)=N\O)cc1. The van der Waals surface area contributed by atoms with Gasteiger partial charge in [-0.05, 0) is 30.2 Å². The van der Waals surface area contributed by atoms with Crippen molar-refractivity contribution in [2.24, 2.45) is 5.16 Å². The van der Waals surface area contributed by atoms with E-state index in [0.717, 1.165) is 27.6 Å². The summed E-state index contributed by atoms with van der Waals surface area (Å²) in [6.07, 6.45) is 0. The van der Waals surface area contributed by atoms with Crippen molar-refractivity contribution in [3.8, 4) is 16.9 Å². The molecule has 1 N–H and O–H groups in total. The monoisotopic (exact) mass is 385 g/mol. The normalized spacial score (nSPS) is 11.6. The van der Waals surface area contributed by atoms with E-state index in [9.17, 15) is 10.0 Å². The predicted molar refractivity (Wildman–Crippen MR) is 113 cm³/mol. The van der Waals surface area contributed by atoms with E-state index in [1.165, 1.54) is 6.07 Å². The molecule has 0 aliphatic carbocycles. The summed E-state index contributed by atoms with van der Waals surface area (Å²) in [7, 11) is 0. The van der Waals surface area contributed by atoms with Gasteiger partial charge in [0.1, 0.15) is 23.7 Å². The summed E-state index contributed by atoms with van der Waals surface area (Å²) in [5.41, 5.74) is 4.05. The molecule has 144 valence electrons. The molecule has 0 aliphatic heterocycles. The molecule has 0 saturated carbocycles. The fraction of sp³-hybridized carbons (Fsp3) is 0.0833. The van der Waals surface area contributed by atoms with E-state index in [2.05, 4.69) is 5.16 Å². The lowest BCUT2D eigenvalue weighted by atomic mass is 10.0. The molecule has 1 heterocycles. The van der Waals surface area contributed by atoms with Gasteiger partial charge in [0, 0.05) is 23.1 Å². The number of aryl methyl sites for hydroxylation is 1. The Morgan fingerprint density at radius 1 is 1.00 bits per heavy atom. The second-order valence-corrected chi connectivity index (χ2v) is 6.70. The van der Waals surface area contributed by atoms with Crippen LogP contribution >= 0.6 is 0 Å². The zero-order chi connectivity index (χ0) is 20.2. The summed E-state index contributed by atoms with van der Waals surface area (Å²) in [6, 6.07) is 24.1. The predicted octanol–water partition coefficient (Wildman–Crippen LogP) is 5.03. The van der Waals surface area contributed by atoms with Gasteiger partial charge in [-0.3, -0.25) is 0 Å². The zero-order valence-corrected chi connectivity index (χ0v) is 15.8. The van der Waals surface area contributed by atoms with Crippen LogP contribution < -0.4 is 10.4 Å². The van der Waals surface area contributed by atoms with E-state index in [1.54, 1.807) is 12.1 Å². The number of fused-ring (bicyclic) bond motifs is 1. The average molecular weight is 385 g/mol. The van der Waals surface area contributed by atoms with Gasteiger partial charge >= 0.3 is 5.63 Å². The van der Waals surface area contributed by atoms with Gasteiger partial charge in [0.15, 0.2) is 0 Å². The van der Waals surface area contributed by atoms with Crippen molar-refractivity contribution >= 4 is 16.7 Å². The molecule has 5 heteroatoms. The van der Waals surface area contributed by atoms with Gasteiger partial charge in [-0.15, -0.1) is 0 Å². The van der Waals surface area contributed by atoms with Crippen LogP contribution in [0.3, 0.4) is 0 Å². The number of hydrogen-bond acceptors (Lipinski definition) is 5. The summed E-state index contributed by atoms with van der Waals surface area (Å²) in [5.74, 6) is 0.513. The lowest BCUT2D eigenvalue weighted by molar-refractivity contribution is 0.308. The Balaban J connectivity index is 1.62. The quantitative estimate of drug-likeness (QED) is 0.226. The third-order valence-electron chi connectivity index (χ3n) is 4.68. The lowest BCUT2D eigenvalue weighted by Crippen LogP contribution is -2.13. The van der Waals surface area contributed by atoms with Crippen molar-refractivity contribution in [3.63, 3.8) is 0 Å². The number of hydrogen-bond donors (Lipinski definition) is 1. The molecule has 0 atom stereocenters. The summed E-state index contributed by atoms with van der Waals surface area (Å²) in [5, 5.41) is 13.5. The summed E-state index contributed by atoms with van der Waals surface area (Å²) in [4.78, 5) is 12.1. The van der Waals surface area contributed by atoms with E-state index in [-0.39, 0.29) is 6.61 Å². The van der Waals surface area contributed by atoms with Gasteiger partial charge in [-0.25, -0.2) is 4.79 Å². The van der Waals surface area contributed by atoms with Gasteiger partial charge in [0.25, 0.3) is 0 Å². The Labute approximate surface area is 167 Å². The van der Waals surface area contributed by atoms with Crippen molar-refractivity contribution < 1.29 is 14.4 Å². The van der Waals surface area contributed by atoms with Crippen LogP contribution in [0.1, 0.15) is 11.1 Å². The van der Waals surface area contributed by atoms with Crippen LogP contribution in [0, 0.1) is 6.92 Å². The number of rotatable bonds is 5. The van der Waals surface area contributed by atoms with Gasteiger partial charge in [0.05, 0.1) is 0 Å². The van der Waals surface area contributed by atoms with Crippen LogP contribution in [0.25, 0.3) is 22.1 Å². The highest BCUT2D eigenvalue weighted by Crippen LogP contribution is 2.29. The van der Waals surface area contributed by atoms with Crippen molar-refractivity contribution in [2.45, 2.75) is 6.92 Å². The number of nitrogens with zero attached hydrogens (tertiary/aromatic N) is 1. The fourth-order valence-electron chi connectivity index (χ4n) is 3.16. The van der Waals surface area contributed by atoms with E-state index in [0.29, 0.717) is 17.0 Å². The Kier molecular flexibility index (Phi) is 5.12. The zero-order valence-electron chi connectivity index (χ0n) is 15.8. The van der Waals surface area contributed by atoms with E-state index in [1.807, 2.05) is 67.6 Å². The Hall–Kier alpha value is -3.86. The van der Waals surface area contributed by atoms with Crippen LogP contribution in [0.4, 0.5) is 0 Å². The summed E-state index contributed by atoms with van der Waals surface area (Å²) < 4.78 is 11.2. The molecule has 4 rings (SSSR count). The lowest BCUT2D eigenvalue weighted by Gasteiger charge is -2.10.